The molecular weight excluding hydrogens is 216 g/mol. The summed E-state index contributed by atoms with van der Waals surface area (Å²) >= 11 is 5.66. The van der Waals surface area contributed by atoms with Crippen molar-refractivity contribution in [1.82, 2.24) is 10.3 Å². The molecule has 0 aliphatic rings. The van der Waals surface area contributed by atoms with Gasteiger partial charge in [-0.05, 0) is 37.7 Å². The summed E-state index contributed by atoms with van der Waals surface area (Å²) in [6.07, 6.45) is 1.60. The maximum Gasteiger partial charge on any atom is 0.263 e. The van der Waals surface area contributed by atoms with E-state index in [2.05, 4.69) is 10.3 Å². The smallest absolute Gasteiger partial charge is 0.263 e. The summed E-state index contributed by atoms with van der Waals surface area (Å²) in [5.74, 6) is 0.980. The summed E-state index contributed by atoms with van der Waals surface area (Å²) in [4.78, 5) is 4.28. The monoisotopic (exact) mass is 226 g/mol. The topological polar surface area (TPSA) is 51.2 Å². The van der Waals surface area contributed by atoms with Crippen molar-refractivity contribution in [2.75, 3.05) is 7.05 Å². The van der Waals surface area contributed by atoms with Gasteiger partial charge in [-0.2, -0.15) is 0 Å². The highest BCUT2D eigenvalue weighted by Gasteiger charge is 2.13. The number of hydrogen-bond acceptors (Lipinski definition) is 4. The van der Waals surface area contributed by atoms with E-state index < -0.39 is 0 Å². The molecule has 0 spiro atoms. The van der Waals surface area contributed by atoms with Crippen LogP contribution in [0, 0.1) is 0 Å². The zero-order valence-corrected chi connectivity index (χ0v) is 9.21. The predicted molar refractivity (Wildman–Crippen MR) is 56.7 cm³/mol. The number of oxazole rings is 1. The molecule has 1 atom stereocenters. The first-order chi connectivity index (χ1) is 7.20. The van der Waals surface area contributed by atoms with Gasteiger partial charge in [-0.15, -0.1) is 0 Å². The van der Waals surface area contributed by atoms with Gasteiger partial charge in [0.1, 0.15) is 6.26 Å². The summed E-state index contributed by atoms with van der Waals surface area (Å²) < 4.78 is 10.5. The molecule has 0 bridgehead atoms. The van der Waals surface area contributed by atoms with Gasteiger partial charge in [0.15, 0.2) is 11.0 Å². The van der Waals surface area contributed by atoms with Crippen LogP contribution in [0.15, 0.2) is 27.2 Å². The molecule has 15 heavy (non-hydrogen) atoms. The molecule has 0 saturated heterocycles. The maximum atomic E-state index is 5.66. The van der Waals surface area contributed by atoms with Crippen LogP contribution in [0.5, 0.6) is 0 Å². The molecule has 0 aliphatic heterocycles. The van der Waals surface area contributed by atoms with E-state index in [0.717, 1.165) is 5.69 Å². The molecule has 0 radical (unpaired) electrons. The third kappa shape index (κ3) is 2.06. The minimum atomic E-state index is 0.146. The Morgan fingerprint density at radius 3 is 2.87 bits per heavy atom. The molecule has 2 aromatic heterocycles. The Morgan fingerprint density at radius 1 is 1.47 bits per heavy atom. The molecule has 0 amide bonds. The Hall–Kier alpha value is -1.26. The van der Waals surface area contributed by atoms with Crippen LogP contribution in [0.4, 0.5) is 0 Å². The van der Waals surface area contributed by atoms with Crippen molar-refractivity contribution in [3.8, 4) is 11.7 Å². The van der Waals surface area contributed by atoms with Gasteiger partial charge in [0.05, 0.1) is 5.69 Å². The molecule has 0 saturated carbocycles. The number of halogens is 1. The number of furan rings is 1. The van der Waals surface area contributed by atoms with Crippen LogP contribution in [0.2, 0.25) is 5.22 Å². The van der Waals surface area contributed by atoms with Crippen molar-refractivity contribution >= 4 is 11.6 Å². The molecule has 80 valence electrons. The molecule has 1 N–H and O–H groups in total. The highest BCUT2D eigenvalue weighted by Crippen LogP contribution is 2.25. The zero-order chi connectivity index (χ0) is 10.8. The fraction of sp³-hybridized carbons (Fsp3) is 0.300. The van der Waals surface area contributed by atoms with Crippen LogP contribution in [0.1, 0.15) is 18.7 Å². The van der Waals surface area contributed by atoms with E-state index in [9.17, 15) is 0 Å². The lowest BCUT2D eigenvalue weighted by molar-refractivity contribution is 0.516. The van der Waals surface area contributed by atoms with Gasteiger partial charge in [-0.25, -0.2) is 4.98 Å². The van der Waals surface area contributed by atoms with Gasteiger partial charge in [0, 0.05) is 6.04 Å². The summed E-state index contributed by atoms with van der Waals surface area (Å²) in [6, 6.07) is 3.53. The average molecular weight is 227 g/mol. The quantitative estimate of drug-likeness (QED) is 0.875. The van der Waals surface area contributed by atoms with Crippen molar-refractivity contribution in [1.29, 1.82) is 0 Å². The fourth-order valence-corrected chi connectivity index (χ4v) is 1.32. The van der Waals surface area contributed by atoms with Crippen molar-refractivity contribution < 1.29 is 8.83 Å². The Labute approximate surface area is 92.2 Å². The zero-order valence-electron chi connectivity index (χ0n) is 8.45. The van der Waals surface area contributed by atoms with Crippen LogP contribution < -0.4 is 5.32 Å². The highest BCUT2D eigenvalue weighted by atomic mass is 35.5. The number of nitrogens with one attached hydrogen (secondary N) is 1. The highest BCUT2D eigenvalue weighted by molar-refractivity contribution is 6.28. The normalized spacial score (nSPS) is 13.0. The SMILES string of the molecule is CNC(C)c1coc(-c2ccc(Cl)o2)n1. The van der Waals surface area contributed by atoms with E-state index in [1.165, 1.54) is 0 Å². The van der Waals surface area contributed by atoms with Crippen molar-refractivity contribution in [3.63, 3.8) is 0 Å². The Morgan fingerprint density at radius 2 is 2.27 bits per heavy atom. The number of aromatic nitrogens is 1. The third-order valence-corrected chi connectivity index (χ3v) is 2.39. The minimum absolute atomic E-state index is 0.146. The second kappa shape index (κ2) is 4.08. The molecule has 4 nitrogen and oxygen atoms in total. The van der Waals surface area contributed by atoms with Gasteiger partial charge >= 0.3 is 0 Å². The van der Waals surface area contributed by atoms with Crippen LogP contribution in [0.3, 0.4) is 0 Å². The summed E-state index contributed by atoms with van der Waals surface area (Å²) in [6.45, 7) is 2.00. The first kappa shape index (κ1) is 10.3. The largest absolute Gasteiger partial charge is 0.442 e. The van der Waals surface area contributed by atoms with Crippen molar-refractivity contribution in [3.05, 3.63) is 29.3 Å². The van der Waals surface area contributed by atoms with E-state index >= 15 is 0 Å². The van der Waals surface area contributed by atoms with Gasteiger partial charge in [-0.3, -0.25) is 0 Å². The first-order valence-corrected chi connectivity index (χ1v) is 4.97. The fourth-order valence-electron chi connectivity index (χ4n) is 1.18. The molecule has 1 unspecified atom stereocenters. The van der Waals surface area contributed by atoms with E-state index in [1.807, 2.05) is 14.0 Å². The molecule has 0 aliphatic carbocycles. The average Bonchev–Trinajstić information content (AvgIpc) is 2.84. The summed E-state index contributed by atoms with van der Waals surface area (Å²) in [5.41, 5.74) is 0.833. The van der Waals surface area contributed by atoms with E-state index in [4.69, 9.17) is 20.4 Å². The Bertz CT molecular complexity index is 450. The van der Waals surface area contributed by atoms with Gasteiger partial charge in [0.25, 0.3) is 5.89 Å². The summed E-state index contributed by atoms with van der Waals surface area (Å²) in [7, 11) is 1.86. The standard InChI is InChI=1S/C10H11ClN2O2/c1-6(12-2)7-5-14-10(13-7)8-3-4-9(11)15-8/h3-6,12H,1-2H3. The van der Waals surface area contributed by atoms with E-state index in [1.54, 1.807) is 18.4 Å². The second-order valence-corrected chi connectivity index (χ2v) is 3.56. The van der Waals surface area contributed by atoms with Crippen molar-refractivity contribution in [2.24, 2.45) is 0 Å². The molecule has 2 heterocycles. The Kier molecular flexibility index (Phi) is 2.79. The number of nitrogens with zero attached hydrogens (tertiary/aromatic N) is 1. The number of rotatable bonds is 3. The summed E-state index contributed by atoms with van der Waals surface area (Å²) in [5, 5.41) is 3.40. The van der Waals surface area contributed by atoms with Gasteiger partial charge in [-0.1, -0.05) is 0 Å². The molecular formula is C10H11ClN2O2. The molecule has 0 aromatic carbocycles. The lowest BCUT2D eigenvalue weighted by Crippen LogP contribution is -2.12. The molecule has 0 fully saturated rings. The van der Waals surface area contributed by atoms with Crippen LogP contribution in [-0.2, 0) is 0 Å². The first-order valence-electron chi connectivity index (χ1n) is 4.59. The second-order valence-electron chi connectivity index (χ2n) is 3.19. The van der Waals surface area contributed by atoms with Gasteiger partial charge in [0.2, 0.25) is 0 Å². The molecule has 5 heteroatoms. The predicted octanol–water partition coefficient (Wildman–Crippen LogP) is 2.87. The van der Waals surface area contributed by atoms with Crippen LogP contribution in [0.25, 0.3) is 11.7 Å². The van der Waals surface area contributed by atoms with Crippen LogP contribution >= 0.6 is 11.6 Å². The molecule has 2 rings (SSSR count). The lowest BCUT2D eigenvalue weighted by Gasteiger charge is -2.03. The third-order valence-electron chi connectivity index (χ3n) is 2.18. The number of hydrogen-bond donors (Lipinski definition) is 1. The van der Waals surface area contributed by atoms with E-state index in [-0.39, 0.29) is 6.04 Å². The maximum absolute atomic E-state index is 5.66. The lowest BCUT2D eigenvalue weighted by atomic mass is 10.3. The molecule has 2 aromatic rings. The van der Waals surface area contributed by atoms with Crippen LogP contribution in [-0.4, -0.2) is 12.0 Å². The van der Waals surface area contributed by atoms with E-state index in [0.29, 0.717) is 16.9 Å². The van der Waals surface area contributed by atoms with Crippen molar-refractivity contribution in [2.45, 2.75) is 13.0 Å². The minimum Gasteiger partial charge on any atom is -0.442 e. The Balaban J connectivity index is 2.27. The van der Waals surface area contributed by atoms with Gasteiger partial charge < -0.3 is 14.2 Å².